The summed E-state index contributed by atoms with van der Waals surface area (Å²) < 4.78 is 0. The largest absolute Gasteiger partial charge is 0.391 e. The quantitative estimate of drug-likeness (QED) is 0.550. The number of aliphatic hydroxyl groups is 1. The molecule has 170 valence electrons. The summed E-state index contributed by atoms with van der Waals surface area (Å²) in [4.78, 5) is 5.49. The first-order valence-electron chi connectivity index (χ1n) is 13.1. The van der Waals surface area contributed by atoms with Gasteiger partial charge < -0.3 is 10.0 Å². The molecule has 7 atom stereocenters. The number of allylic oxidation sites excluding steroid dienone is 6. The minimum atomic E-state index is -0.179. The van der Waals surface area contributed by atoms with Crippen LogP contribution in [0.5, 0.6) is 0 Å². The molecule has 6 bridgehead atoms. The van der Waals surface area contributed by atoms with Crippen molar-refractivity contribution < 1.29 is 5.11 Å². The molecule has 2 fully saturated rings. The van der Waals surface area contributed by atoms with Gasteiger partial charge in [0.15, 0.2) is 0 Å². The summed E-state index contributed by atoms with van der Waals surface area (Å²) >= 11 is 0. The van der Waals surface area contributed by atoms with E-state index in [0.717, 1.165) is 32.4 Å². The summed E-state index contributed by atoms with van der Waals surface area (Å²) in [6.45, 7) is 5.58. The number of hydrogen-bond acceptors (Lipinski definition) is 3. The van der Waals surface area contributed by atoms with Gasteiger partial charge in [-0.2, -0.15) is 0 Å². The number of hydrogen-bond donors (Lipinski definition) is 1. The molecule has 0 aromatic heterocycles. The van der Waals surface area contributed by atoms with Crippen molar-refractivity contribution in [3.05, 3.63) is 48.1 Å². The van der Waals surface area contributed by atoms with Crippen LogP contribution in [0.4, 0.5) is 0 Å². The second-order valence-corrected chi connectivity index (χ2v) is 10.7. The average Bonchev–Trinajstić information content (AvgIpc) is 2.78. The molecule has 31 heavy (non-hydrogen) atoms. The Bertz CT molecular complexity index is 737. The van der Waals surface area contributed by atoms with Gasteiger partial charge in [-0.3, -0.25) is 4.90 Å². The highest BCUT2D eigenvalue weighted by molar-refractivity contribution is 5.31. The van der Waals surface area contributed by atoms with Crippen molar-refractivity contribution >= 4 is 0 Å². The van der Waals surface area contributed by atoms with Crippen LogP contribution in [-0.2, 0) is 0 Å². The van der Waals surface area contributed by atoms with Crippen LogP contribution < -0.4 is 0 Å². The lowest BCUT2D eigenvalue weighted by atomic mass is 9.51. The Morgan fingerprint density at radius 2 is 1.65 bits per heavy atom. The zero-order valence-electron chi connectivity index (χ0n) is 19.3. The fourth-order valence-corrected chi connectivity index (χ4v) is 7.66. The molecule has 0 amide bonds. The summed E-state index contributed by atoms with van der Waals surface area (Å²) in [6, 6.07) is 0.531. The number of fused-ring (bicyclic) bond motifs is 1. The third kappa shape index (κ3) is 4.38. The van der Waals surface area contributed by atoms with Crippen LogP contribution in [0.25, 0.3) is 0 Å². The predicted octanol–water partition coefficient (Wildman–Crippen LogP) is 5.10. The fraction of sp³-hybridized carbons (Fsp3) is 0.714. The van der Waals surface area contributed by atoms with Crippen molar-refractivity contribution in [2.45, 2.75) is 76.4 Å². The zero-order chi connectivity index (χ0) is 21.1. The maximum atomic E-state index is 11.5. The second kappa shape index (κ2) is 9.77. The average molecular weight is 423 g/mol. The minimum Gasteiger partial charge on any atom is -0.391 e. The molecule has 1 N–H and O–H groups in total. The summed E-state index contributed by atoms with van der Waals surface area (Å²) in [5.41, 5.74) is 1.90. The van der Waals surface area contributed by atoms with E-state index < -0.39 is 0 Å². The zero-order valence-corrected chi connectivity index (χ0v) is 19.3. The molecule has 3 nitrogen and oxygen atoms in total. The van der Waals surface area contributed by atoms with Crippen molar-refractivity contribution in [3.63, 3.8) is 0 Å². The summed E-state index contributed by atoms with van der Waals surface area (Å²) in [5.74, 6) is 0.970. The first-order valence-corrected chi connectivity index (χ1v) is 13.1. The van der Waals surface area contributed by atoms with Gasteiger partial charge >= 0.3 is 0 Å². The lowest BCUT2D eigenvalue weighted by Crippen LogP contribution is -2.72. The molecule has 0 saturated carbocycles. The molecule has 6 aliphatic rings. The Balaban J connectivity index is 1.54. The highest BCUT2D eigenvalue weighted by Crippen LogP contribution is 2.57. The van der Waals surface area contributed by atoms with Crippen LogP contribution in [0.1, 0.15) is 64.2 Å². The molecule has 5 heterocycles. The number of aliphatic hydroxyl groups excluding tert-OH is 1. The van der Waals surface area contributed by atoms with E-state index in [2.05, 4.69) is 52.3 Å². The lowest BCUT2D eigenvalue weighted by molar-refractivity contribution is -0.159. The van der Waals surface area contributed by atoms with E-state index in [0.29, 0.717) is 17.9 Å². The topological polar surface area (TPSA) is 26.7 Å². The van der Waals surface area contributed by atoms with Gasteiger partial charge in [-0.25, -0.2) is 0 Å². The number of piperidine rings is 2. The molecule has 1 aliphatic carbocycles. The molecule has 0 aromatic rings. The van der Waals surface area contributed by atoms with Gasteiger partial charge in [0.1, 0.15) is 0 Å². The number of rotatable bonds is 0. The first kappa shape index (κ1) is 21.7. The Hall–Kier alpha value is -1.16. The van der Waals surface area contributed by atoms with Gasteiger partial charge in [0, 0.05) is 37.0 Å². The maximum absolute atomic E-state index is 11.5. The summed E-state index contributed by atoms with van der Waals surface area (Å²) in [6.07, 6.45) is 28.8. The van der Waals surface area contributed by atoms with E-state index in [4.69, 9.17) is 0 Å². The van der Waals surface area contributed by atoms with Crippen molar-refractivity contribution in [2.24, 2.45) is 17.3 Å². The van der Waals surface area contributed by atoms with E-state index in [-0.39, 0.29) is 11.5 Å². The molecular weight excluding hydrogens is 380 g/mol. The van der Waals surface area contributed by atoms with E-state index in [1.807, 2.05) is 0 Å². The van der Waals surface area contributed by atoms with Gasteiger partial charge in [0.05, 0.1) is 6.10 Å². The Kier molecular flexibility index (Phi) is 6.83. The van der Waals surface area contributed by atoms with E-state index >= 15 is 0 Å². The maximum Gasteiger partial charge on any atom is 0.0707 e. The van der Waals surface area contributed by atoms with Crippen molar-refractivity contribution in [3.8, 4) is 0 Å². The van der Waals surface area contributed by atoms with Gasteiger partial charge in [-0.1, -0.05) is 48.1 Å². The Labute approximate surface area is 189 Å². The fourth-order valence-electron chi connectivity index (χ4n) is 7.66. The molecule has 1 spiro atoms. The smallest absolute Gasteiger partial charge is 0.0707 e. The normalized spacial score (nSPS) is 46.7. The molecule has 6 rings (SSSR count). The summed E-state index contributed by atoms with van der Waals surface area (Å²) in [5, 5.41) is 11.5. The van der Waals surface area contributed by atoms with Crippen LogP contribution in [-0.4, -0.2) is 59.8 Å². The van der Waals surface area contributed by atoms with Crippen molar-refractivity contribution in [1.29, 1.82) is 0 Å². The standard InChI is InChI=1S/C28H42N2O/c31-25-21-29-17-13-9-5-2-1-3-7-11-15-23-19-24-20-30-18-14-10-6-4-8-12-16-28(22-29,26(24)25)27(23)30/h2-5,7-8,19,24-27,31H,1,6,9-18,20-22H2/b5-2-,7-3-,8-4-/t24-,25-,26-,27-,28-/m1/s1. The molecule has 2 saturated heterocycles. The molecule has 0 aromatic carbocycles. The third-order valence-corrected chi connectivity index (χ3v) is 8.70. The molecular formula is C28H42N2O. The SMILES string of the molecule is O[C@@H]1CN2CCC/C=C\C/C=C\CCC3=C[C@@H]4CN5CCCC/C=C\CC[C@@](C2)([C@@H]14)[C@@H]35. The van der Waals surface area contributed by atoms with E-state index in [9.17, 15) is 5.11 Å². The van der Waals surface area contributed by atoms with Crippen LogP contribution in [0.15, 0.2) is 48.1 Å². The van der Waals surface area contributed by atoms with Crippen LogP contribution in [0.2, 0.25) is 0 Å². The second-order valence-electron chi connectivity index (χ2n) is 10.7. The summed E-state index contributed by atoms with van der Waals surface area (Å²) in [7, 11) is 0. The first-order chi connectivity index (χ1) is 15.3. The lowest BCUT2D eigenvalue weighted by Gasteiger charge is -2.65. The molecule has 2 unspecified atom stereocenters. The van der Waals surface area contributed by atoms with Gasteiger partial charge in [-0.15, -0.1) is 0 Å². The highest BCUT2D eigenvalue weighted by Gasteiger charge is 2.61. The van der Waals surface area contributed by atoms with Crippen LogP contribution in [0.3, 0.4) is 0 Å². The van der Waals surface area contributed by atoms with Crippen LogP contribution >= 0.6 is 0 Å². The van der Waals surface area contributed by atoms with Gasteiger partial charge in [0.2, 0.25) is 0 Å². The Morgan fingerprint density at radius 3 is 2.58 bits per heavy atom. The van der Waals surface area contributed by atoms with E-state index in [1.54, 1.807) is 5.57 Å². The highest BCUT2D eigenvalue weighted by atomic mass is 16.3. The van der Waals surface area contributed by atoms with Gasteiger partial charge in [-0.05, 0) is 83.2 Å². The molecule has 3 heteroatoms. The third-order valence-electron chi connectivity index (χ3n) is 8.70. The van der Waals surface area contributed by atoms with E-state index in [1.165, 1.54) is 64.6 Å². The van der Waals surface area contributed by atoms with Crippen molar-refractivity contribution in [1.82, 2.24) is 9.80 Å². The monoisotopic (exact) mass is 422 g/mol. The van der Waals surface area contributed by atoms with Gasteiger partial charge in [0.25, 0.3) is 0 Å². The van der Waals surface area contributed by atoms with Crippen molar-refractivity contribution in [2.75, 3.05) is 32.7 Å². The Morgan fingerprint density at radius 1 is 0.839 bits per heavy atom. The minimum absolute atomic E-state index is 0.179. The number of nitrogens with zero attached hydrogens (tertiary/aromatic N) is 2. The predicted molar refractivity (Wildman–Crippen MR) is 129 cm³/mol. The molecule has 5 aliphatic heterocycles. The molecule has 0 radical (unpaired) electrons. The van der Waals surface area contributed by atoms with Crippen LogP contribution in [0, 0.1) is 17.3 Å².